The molecule has 0 aliphatic carbocycles. The van der Waals surface area contributed by atoms with E-state index in [0.717, 1.165) is 30.8 Å². The highest BCUT2D eigenvalue weighted by Gasteiger charge is 1.86. The molecule has 0 aliphatic heterocycles. The summed E-state index contributed by atoms with van der Waals surface area (Å²) in [7, 11) is 0. The number of hydrogen-bond donors (Lipinski definition) is 4. The van der Waals surface area contributed by atoms with Gasteiger partial charge in [-0.3, -0.25) is 0 Å². The molecule has 0 aromatic carbocycles. The van der Waals surface area contributed by atoms with Crippen LogP contribution in [0.5, 0.6) is 0 Å². The number of unbranched alkanes of at least 4 members (excludes halogenated alkanes) is 7. The minimum Gasteiger partial charge on any atom is -0.396 e. The SMILES string of the molecule is OCCCCCCCS.OCCCCCCS. The molecule has 0 aromatic heterocycles. The summed E-state index contributed by atoms with van der Waals surface area (Å²) in [6.07, 6.45) is 10.4. The monoisotopic (exact) mass is 282 g/mol. The maximum atomic E-state index is 8.41. The summed E-state index contributed by atoms with van der Waals surface area (Å²) in [6, 6.07) is 0. The van der Waals surface area contributed by atoms with Crippen molar-refractivity contribution in [2.75, 3.05) is 24.7 Å². The van der Waals surface area contributed by atoms with Gasteiger partial charge in [0.2, 0.25) is 0 Å². The fourth-order valence-electron chi connectivity index (χ4n) is 1.33. The summed E-state index contributed by atoms with van der Waals surface area (Å²) >= 11 is 8.16. The van der Waals surface area contributed by atoms with Crippen LogP contribution in [0.3, 0.4) is 0 Å². The second-order valence-corrected chi connectivity index (χ2v) is 4.97. The highest BCUT2D eigenvalue weighted by atomic mass is 32.1. The van der Waals surface area contributed by atoms with Crippen LogP contribution < -0.4 is 0 Å². The number of hydrogen-bond acceptors (Lipinski definition) is 4. The van der Waals surface area contributed by atoms with Crippen molar-refractivity contribution >= 4 is 25.3 Å². The van der Waals surface area contributed by atoms with Gasteiger partial charge in [0, 0.05) is 13.2 Å². The molecule has 2 nitrogen and oxygen atoms in total. The predicted molar refractivity (Wildman–Crippen MR) is 83.4 cm³/mol. The van der Waals surface area contributed by atoms with Gasteiger partial charge in [-0.05, 0) is 37.2 Å². The molecule has 0 radical (unpaired) electrons. The molecule has 0 bridgehead atoms. The second kappa shape index (κ2) is 21.9. The Bertz CT molecular complexity index is 102. The molecular formula is C13H30O2S2. The fraction of sp³-hybridized carbons (Fsp3) is 1.00. The first kappa shape index (κ1) is 19.9. The molecule has 106 valence electrons. The lowest BCUT2D eigenvalue weighted by Crippen LogP contribution is -1.83. The van der Waals surface area contributed by atoms with Gasteiger partial charge in [0.1, 0.15) is 0 Å². The molecule has 0 aromatic rings. The maximum Gasteiger partial charge on any atom is 0.0431 e. The van der Waals surface area contributed by atoms with Crippen LogP contribution in [-0.2, 0) is 0 Å². The molecular weight excluding hydrogens is 252 g/mol. The van der Waals surface area contributed by atoms with Crippen LogP contribution in [0.15, 0.2) is 0 Å². The van der Waals surface area contributed by atoms with E-state index in [1.165, 1.54) is 38.5 Å². The molecule has 0 amide bonds. The van der Waals surface area contributed by atoms with Gasteiger partial charge in [0.05, 0.1) is 0 Å². The Morgan fingerprint density at radius 2 is 0.765 bits per heavy atom. The lowest BCUT2D eigenvalue weighted by molar-refractivity contribution is 0.282. The molecule has 0 unspecified atom stereocenters. The summed E-state index contributed by atoms with van der Waals surface area (Å²) in [5, 5.41) is 16.8. The zero-order chi connectivity index (χ0) is 13.2. The van der Waals surface area contributed by atoms with E-state index in [4.69, 9.17) is 10.2 Å². The topological polar surface area (TPSA) is 40.5 Å². The first-order valence-electron chi connectivity index (χ1n) is 6.76. The Labute approximate surface area is 118 Å². The third-order valence-corrected chi connectivity index (χ3v) is 3.01. The van der Waals surface area contributed by atoms with Crippen molar-refractivity contribution in [3.8, 4) is 0 Å². The lowest BCUT2D eigenvalue weighted by atomic mass is 10.2. The Balaban J connectivity index is 0. The smallest absolute Gasteiger partial charge is 0.0431 e. The standard InChI is InChI=1S/C7H16OS.C6H14OS/c8-6-4-2-1-3-5-7-9;7-5-3-1-2-4-6-8/h8-9H,1-7H2;7-8H,1-6H2. The minimum absolute atomic E-state index is 0.340. The Hall–Kier alpha value is 0.620. The molecule has 2 N–H and O–H groups in total. The quantitative estimate of drug-likeness (QED) is 0.347. The van der Waals surface area contributed by atoms with E-state index in [2.05, 4.69) is 25.3 Å². The number of rotatable bonds is 11. The summed E-state index contributed by atoms with van der Waals surface area (Å²) in [5.74, 6) is 1.98. The summed E-state index contributed by atoms with van der Waals surface area (Å²) in [4.78, 5) is 0. The van der Waals surface area contributed by atoms with Crippen molar-refractivity contribution in [1.82, 2.24) is 0 Å². The molecule has 0 aliphatic rings. The van der Waals surface area contributed by atoms with Crippen LogP contribution in [0.1, 0.15) is 57.8 Å². The average molecular weight is 283 g/mol. The lowest BCUT2D eigenvalue weighted by Gasteiger charge is -1.95. The molecule has 17 heavy (non-hydrogen) atoms. The van der Waals surface area contributed by atoms with Gasteiger partial charge >= 0.3 is 0 Å². The van der Waals surface area contributed by atoms with E-state index in [0.29, 0.717) is 13.2 Å². The Morgan fingerprint density at radius 1 is 0.471 bits per heavy atom. The number of aliphatic hydroxyl groups is 2. The third-order valence-electron chi connectivity index (χ3n) is 2.38. The first-order chi connectivity index (χ1) is 8.33. The van der Waals surface area contributed by atoms with E-state index in [1.807, 2.05) is 0 Å². The highest BCUT2D eigenvalue weighted by molar-refractivity contribution is 7.80. The fourth-order valence-corrected chi connectivity index (χ4v) is 1.78. The molecule has 0 rings (SSSR count). The van der Waals surface area contributed by atoms with Gasteiger partial charge in [-0.15, -0.1) is 0 Å². The number of thiol groups is 2. The molecule has 0 heterocycles. The maximum absolute atomic E-state index is 8.41. The second-order valence-electron chi connectivity index (χ2n) is 4.08. The highest BCUT2D eigenvalue weighted by Crippen LogP contribution is 2.02. The van der Waals surface area contributed by atoms with Crippen molar-refractivity contribution in [3.63, 3.8) is 0 Å². The van der Waals surface area contributed by atoms with Crippen molar-refractivity contribution in [3.05, 3.63) is 0 Å². The zero-order valence-corrected chi connectivity index (χ0v) is 12.8. The van der Waals surface area contributed by atoms with E-state index in [1.54, 1.807) is 0 Å². The van der Waals surface area contributed by atoms with Gasteiger partial charge < -0.3 is 10.2 Å². The Morgan fingerprint density at radius 3 is 1.06 bits per heavy atom. The van der Waals surface area contributed by atoms with Gasteiger partial charge in [-0.1, -0.05) is 32.1 Å². The van der Waals surface area contributed by atoms with E-state index < -0.39 is 0 Å². The van der Waals surface area contributed by atoms with E-state index >= 15 is 0 Å². The predicted octanol–water partition coefficient (Wildman–Crippen LogP) is 3.33. The van der Waals surface area contributed by atoms with Crippen LogP contribution in [-0.4, -0.2) is 34.9 Å². The van der Waals surface area contributed by atoms with Gasteiger partial charge in [-0.25, -0.2) is 0 Å². The van der Waals surface area contributed by atoms with Crippen LogP contribution >= 0.6 is 25.3 Å². The first-order valence-corrected chi connectivity index (χ1v) is 8.03. The van der Waals surface area contributed by atoms with Crippen molar-refractivity contribution in [2.45, 2.75) is 57.8 Å². The molecule has 0 saturated carbocycles. The molecule has 0 spiro atoms. The van der Waals surface area contributed by atoms with Crippen molar-refractivity contribution in [2.24, 2.45) is 0 Å². The number of aliphatic hydroxyl groups excluding tert-OH is 2. The van der Waals surface area contributed by atoms with Gasteiger partial charge in [-0.2, -0.15) is 25.3 Å². The van der Waals surface area contributed by atoms with Crippen molar-refractivity contribution in [1.29, 1.82) is 0 Å². The van der Waals surface area contributed by atoms with Crippen LogP contribution in [0, 0.1) is 0 Å². The average Bonchev–Trinajstić information content (AvgIpc) is 2.36. The van der Waals surface area contributed by atoms with Gasteiger partial charge in [0.15, 0.2) is 0 Å². The van der Waals surface area contributed by atoms with Crippen LogP contribution in [0.25, 0.3) is 0 Å². The summed E-state index contributed by atoms with van der Waals surface area (Å²) in [5.41, 5.74) is 0. The van der Waals surface area contributed by atoms with E-state index in [9.17, 15) is 0 Å². The summed E-state index contributed by atoms with van der Waals surface area (Å²) in [6.45, 7) is 0.688. The minimum atomic E-state index is 0.340. The van der Waals surface area contributed by atoms with Crippen molar-refractivity contribution < 1.29 is 10.2 Å². The summed E-state index contributed by atoms with van der Waals surface area (Å²) < 4.78 is 0. The molecule has 0 saturated heterocycles. The molecule has 0 atom stereocenters. The molecule has 4 heteroatoms. The molecule has 0 fully saturated rings. The zero-order valence-electron chi connectivity index (χ0n) is 11.0. The largest absolute Gasteiger partial charge is 0.396 e. The van der Waals surface area contributed by atoms with E-state index in [-0.39, 0.29) is 0 Å². The normalized spacial score (nSPS) is 9.88. The van der Waals surface area contributed by atoms with Gasteiger partial charge in [0.25, 0.3) is 0 Å². The van der Waals surface area contributed by atoms with Crippen LogP contribution in [0.2, 0.25) is 0 Å². The van der Waals surface area contributed by atoms with Crippen LogP contribution in [0.4, 0.5) is 0 Å². The third kappa shape index (κ3) is 26.3. The Kier molecular flexibility index (Phi) is 25.7.